The van der Waals surface area contributed by atoms with Gasteiger partial charge in [0.2, 0.25) is 0 Å². The lowest BCUT2D eigenvalue weighted by molar-refractivity contribution is 0.0589. The highest BCUT2D eigenvalue weighted by atomic mass is 32.1. The fraction of sp³-hybridized carbons (Fsp3) is 0.462. The predicted octanol–water partition coefficient (Wildman–Crippen LogP) is 2.18. The van der Waals surface area contributed by atoms with Gasteiger partial charge in [-0.25, -0.2) is 4.98 Å². The zero-order chi connectivity index (χ0) is 12.5. The Labute approximate surface area is 105 Å². The molecule has 2 unspecified atom stereocenters. The summed E-state index contributed by atoms with van der Waals surface area (Å²) in [5.74, 6) is 0. The summed E-state index contributed by atoms with van der Waals surface area (Å²) in [6.45, 7) is 4.25. The van der Waals surface area contributed by atoms with Gasteiger partial charge in [0.25, 0.3) is 0 Å². The van der Waals surface area contributed by atoms with Crippen LogP contribution in [0, 0.1) is 5.41 Å². The minimum absolute atomic E-state index is 0.298. The van der Waals surface area contributed by atoms with E-state index in [-0.39, 0.29) is 5.41 Å². The van der Waals surface area contributed by atoms with Crippen LogP contribution in [0.4, 0.5) is 0 Å². The van der Waals surface area contributed by atoms with Crippen molar-refractivity contribution in [3.8, 4) is 0 Å². The zero-order valence-corrected chi connectivity index (χ0v) is 11.0. The Morgan fingerprint density at radius 1 is 1.47 bits per heavy atom. The molecule has 3 nitrogen and oxygen atoms in total. The maximum atomic E-state index is 9.80. The quantitative estimate of drug-likeness (QED) is 0.874. The number of nitrogens with zero attached hydrogens (tertiary/aromatic N) is 1. The van der Waals surface area contributed by atoms with Gasteiger partial charge in [-0.2, -0.15) is 0 Å². The van der Waals surface area contributed by atoms with Gasteiger partial charge < -0.3 is 10.8 Å². The molecule has 0 radical (unpaired) electrons. The fourth-order valence-corrected chi connectivity index (χ4v) is 2.90. The number of hydrogen-bond donors (Lipinski definition) is 2. The van der Waals surface area contributed by atoms with Crippen LogP contribution in [0.2, 0.25) is 0 Å². The van der Waals surface area contributed by atoms with Crippen molar-refractivity contribution < 1.29 is 5.11 Å². The molecular weight excluding hydrogens is 232 g/mol. The van der Waals surface area contributed by atoms with Crippen molar-refractivity contribution in [1.29, 1.82) is 0 Å². The van der Waals surface area contributed by atoms with Crippen molar-refractivity contribution in [1.82, 2.24) is 4.98 Å². The molecule has 2 atom stereocenters. The molecule has 17 heavy (non-hydrogen) atoms. The largest absolute Gasteiger partial charge is 0.393 e. The molecule has 1 heterocycles. The molecule has 0 spiro atoms. The van der Waals surface area contributed by atoms with Gasteiger partial charge in [-0.3, -0.25) is 0 Å². The van der Waals surface area contributed by atoms with E-state index in [1.54, 1.807) is 18.3 Å². The third kappa shape index (κ3) is 2.49. The molecule has 0 aliphatic carbocycles. The van der Waals surface area contributed by atoms with E-state index in [4.69, 9.17) is 5.73 Å². The Morgan fingerprint density at radius 2 is 2.18 bits per heavy atom. The van der Waals surface area contributed by atoms with Crippen LogP contribution >= 0.6 is 11.3 Å². The number of hydrogen-bond acceptors (Lipinski definition) is 4. The minimum atomic E-state index is -0.431. The van der Waals surface area contributed by atoms with E-state index in [1.807, 2.05) is 25.1 Å². The molecule has 1 aromatic carbocycles. The highest BCUT2D eigenvalue weighted by Gasteiger charge is 2.30. The summed E-state index contributed by atoms with van der Waals surface area (Å²) in [6, 6.07) is 8.08. The highest BCUT2D eigenvalue weighted by molar-refractivity contribution is 7.18. The number of aliphatic hydroxyl groups is 1. The van der Waals surface area contributed by atoms with E-state index in [0.717, 1.165) is 16.9 Å². The number of fused-ring (bicyclic) bond motifs is 1. The number of aliphatic hydroxyl groups excluding tert-OH is 1. The molecule has 1 aromatic heterocycles. The SMILES string of the molecule is CC(O)C(C)(CN)Cc1nc2ccccc2s1. The number of nitrogens with two attached hydrogens (primary N) is 1. The van der Waals surface area contributed by atoms with Gasteiger partial charge in [0.05, 0.1) is 21.3 Å². The average Bonchev–Trinajstić information content (AvgIpc) is 2.70. The van der Waals surface area contributed by atoms with Crippen LogP contribution < -0.4 is 5.73 Å². The van der Waals surface area contributed by atoms with Crippen molar-refractivity contribution in [3.05, 3.63) is 29.3 Å². The van der Waals surface area contributed by atoms with Gasteiger partial charge in [0.1, 0.15) is 0 Å². The molecule has 0 aliphatic rings. The lowest BCUT2D eigenvalue weighted by Gasteiger charge is -2.30. The minimum Gasteiger partial charge on any atom is -0.393 e. The molecule has 2 aromatic rings. The number of aromatic nitrogens is 1. The normalized spacial score (nSPS) is 16.9. The highest BCUT2D eigenvalue weighted by Crippen LogP contribution is 2.30. The topological polar surface area (TPSA) is 59.1 Å². The van der Waals surface area contributed by atoms with Crippen LogP contribution in [0.25, 0.3) is 10.2 Å². The summed E-state index contributed by atoms with van der Waals surface area (Å²) in [4.78, 5) is 4.58. The Kier molecular flexibility index (Phi) is 3.47. The lowest BCUT2D eigenvalue weighted by Crippen LogP contribution is -2.39. The second kappa shape index (κ2) is 4.72. The summed E-state index contributed by atoms with van der Waals surface area (Å²) in [7, 11) is 0. The van der Waals surface area contributed by atoms with Gasteiger partial charge in [-0.1, -0.05) is 19.1 Å². The van der Waals surface area contributed by atoms with Crippen LogP contribution in [0.1, 0.15) is 18.9 Å². The van der Waals surface area contributed by atoms with E-state index in [2.05, 4.69) is 11.1 Å². The number of thiazole rings is 1. The molecule has 0 saturated heterocycles. The van der Waals surface area contributed by atoms with Crippen molar-refractivity contribution in [2.24, 2.45) is 11.1 Å². The van der Waals surface area contributed by atoms with Gasteiger partial charge in [0.15, 0.2) is 0 Å². The van der Waals surface area contributed by atoms with E-state index >= 15 is 0 Å². The van der Waals surface area contributed by atoms with E-state index in [1.165, 1.54) is 4.70 Å². The second-order valence-corrected chi connectivity index (χ2v) is 5.90. The standard InChI is InChI=1S/C13H18N2OS/c1-9(16)13(2,8-14)7-12-15-10-5-3-4-6-11(10)17-12/h3-6,9,16H,7-8,14H2,1-2H3. The van der Waals surface area contributed by atoms with Crippen LogP contribution in [0.15, 0.2) is 24.3 Å². The summed E-state index contributed by atoms with van der Waals surface area (Å²) < 4.78 is 1.19. The third-order valence-electron chi connectivity index (χ3n) is 3.37. The van der Waals surface area contributed by atoms with Crippen molar-refractivity contribution in [2.45, 2.75) is 26.4 Å². The molecule has 0 bridgehead atoms. The number of benzene rings is 1. The Bertz CT molecular complexity index is 476. The lowest BCUT2D eigenvalue weighted by atomic mass is 9.82. The molecule has 0 saturated carbocycles. The molecule has 0 fully saturated rings. The summed E-state index contributed by atoms with van der Waals surface area (Å²) in [5.41, 5.74) is 6.49. The first-order valence-corrected chi connectivity index (χ1v) is 6.59. The zero-order valence-electron chi connectivity index (χ0n) is 10.2. The predicted molar refractivity (Wildman–Crippen MR) is 72.2 cm³/mol. The van der Waals surface area contributed by atoms with Crippen molar-refractivity contribution >= 4 is 21.6 Å². The van der Waals surface area contributed by atoms with E-state index in [0.29, 0.717) is 6.54 Å². The van der Waals surface area contributed by atoms with Crippen LogP contribution in [-0.2, 0) is 6.42 Å². The first-order valence-electron chi connectivity index (χ1n) is 5.78. The van der Waals surface area contributed by atoms with Crippen LogP contribution in [-0.4, -0.2) is 22.7 Å². The maximum Gasteiger partial charge on any atom is 0.0945 e. The van der Waals surface area contributed by atoms with Crippen molar-refractivity contribution in [2.75, 3.05) is 6.54 Å². The molecule has 4 heteroatoms. The molecule has 0 amide bonds. The molecule has 2 rings (SSSR count). The fourth-order valence-electron chi connectivity index (χ4n) is 1.73. The monoisotopic (exact) mass is 250 g/mol. The summed E-state index contributed by atoms with van der Waals surface area (Å²) in [5, 5.41) is 10.8. The second-order valence-electron chi connectivity index (χ2n) is 4.79. The van der Waals surface area contributed by atoms with E-state index in [9.17, 15) is 5.11 Å². The summed E-state index contributed by atoms with van der Waals surface area (Å²) >= 11 is 1.68. The number of para-hydroxylation sites is 1. The average molecular weight is 250 g/mol. The Balaban J connectivity index is 2.29. The number of rotatable bonds is 4. The van der Waals surface area contributed by atoms with Gasteiger partial charge in [0, 0.05) is 18.4 Å². The van der Waals surface area contributed by atoms with Crippen LogP contribution in [0.5, 0.6) is 0 Å². The van der Waals surface area contributed by atoms with E-state index < -0.39 is 6.10 Å². The smallest absolute Gasteiger partial charge is 0.0945 e. The molecular formula is C13H18N2OS. The first-order chi connectivity index (χ1) is 8.05. The van der Waals surface area contributed by atoms with Gasteiger partial charge in [-0.05, 0) is 19.1 Å². The molecule has 0 aliphatic heterocycles. The summed E-state index contributed by atoms with van der Waals surface area (Å²) in [6.07, 6.45) is 0.292. The van der Waals surface area contributed by atoms with Gasteiger partial charge >= 0.3 is 0 Å². The molecule has 92 valence electrons. The van der Waals surface area contributed by atoms with Crippen molar-refractivity contribution in [3.63, 3.8) is 0 Å². The Morgan fingerprint density at radius 3 is 2.76 bits per heavy atom. The Hall–Kier alpha value is -0.970. The van der Waals surface area contributed by atoms with Crippen LogP contribution in [0.3, 0.4) is 0 Å². The third-order valence-corrected chi connectivity index (χ3v) is 4.40. The maximum absolute atomic E-state index is 9.80. The molecule has 3 N–H and O–H groups in total. The first kappa shape index (κ1) is 12.5. The van der Waals surface area contributed by atoms with Gasteiger partial charge in [-0.15, -0.1) is 11.3 Å².